The van der Waals surface area contributed by atoms with E-state index in [9.17, 15) is 4.79 Å². The van der Waals surface area contributed by atoms with Gasteiger partial charge in [-0.25, -0.2) is 9.97 Å². The molecule has 0 aliphatic heterocycles. The molecule has 1 aliphatic carbocycles. The van der Waals surface area contributed by atoms with Crippen molar-refractivity contribution in [3.05, 3.63) is 75.8 Å². The minimum atomic E-state index is -0.135. The molecule has 1 aromatic carbocycles. The maximum atomic E-state index is 11.8. The van der Waals surface area contributed by atoms with E-state index in [0.717, 1.165) is 29.9 Å². The molecular weight excluding hydrogens is 336 g/mol. The zero-order valence-electron chi connectivity index (χ0n) is 15.9. The molecule has 138 valence electrons. The van der Waals surface area contributed by atoms with Crippen molar-refractivity contribution in [1.82, 2.24) is 15.0 Å². The fraction of sp³-hybridized carbons (Fsp3) is 0.318. The molecule has 5 nitrogen and oxygen atoms in total. The number of rotatable bonds is 4. The van der Waals surface area contributed by atoms with Crippen LogP contribution in [-0.4, -0.2) is 15.0 Å². The van der Waals surface area contributed by atoms with Crippen LogP contribution in [-0.2, 0) is 11.8 Å². The smallest absolute Gasteiger partial charge is 0.251 e. The molecule has 1 atom stereocenters. The maximum Gasteiger partial charge on any atom is 0.251 e. The third kappa shape index (κ3) is 3.37. The monoisotopic (exact) mass is 360 g/mol. The number of aromatic amines is 1. The summed E-state index contributed by atoms with van der Waals surface area (Å²) in [6, 6.07) is 14.3. The molecule has 1 unspecified atom stereocenters. The number of aryl methyl sites for hydroxylation is 1. The summed E-state index contributed by atoms with van der Waals surface area (Å²) in [5, 5.41) is 3.56. The Morgan fingerprint density at radius 2 is 2.04 bits per heavy atom. The van der Waals surface area contributed by atoms with Crippen LogP contribution >= 0.6 is 0 Å². The summed E-state index contributed by atoms with van der Waals surface area (Å²) < 4.78 is 0. The lowest BCUT2D eigenvalue weighted by atomic mass is 9.86. The molecule has 2 N–H and O–H groups in total. The molecule has 0 radical (unpaired) electrons. The van der Waals surface area contributed by atoms with Crippen molar-refractivity contribution in [2.24, 2.45) is 0 Å². The number of aromatic nitrogens is 3. The number of pyridine rings is 1. The van der Waals surface area contributed by atoms with E-state index in [1.54, 1.807) is 6.20 Å². The number of fused-ring (bicyclic) bond motifs is 1. The van der Waals surface area contributed by atoms with E-state index in [4.69, 9.17) is 0 Å². The van der Waals surface area contributed by atoms with Crippen LogP contribution in [0.15, 0.2) is 53.5 Å². The molecule has 1 aliphatic rings. The maximum absolute atomic E-state index is 11.8. The highest BCUT2D eigenvalue weighted by Crippen LogP contribution is 2.45. The van der Waals surface area contributed by atoms with Crippen LogP contribution in [0.1, 0.15) is 50.1 Å². The van der Waals surface area contributed by atoms with E-state index < -0.39 is 0 Å². The highest BCUT2D eigenvalue weighted by molar-refractivity contribution is 5.56. The summed E-state index contributed by atoms with van der Waals surface area (Å²) in [5.41, 5.74) is 4.34. The van der Waals surface area contributed by atoms with Crippen LogP contribution in [0, 0.1) is 0 Å². The van der Waals surface area contributed by atoms with Crippen LogP contribution in [0.2, 0.25) is 0 Å². The van der Waals surface area contributed by atoms with Gasteiger partial charge in [-0.05, 0) is 41.5 Å². The summed E-state index contributed by atoms with van der Waals surface area (Å²) in [7, 11) is 0. The Hall–Kier alpha value is -2.95. The first kappa shape index (κ1) is 17.5. The SMILES string of the molecule is CCc1cc(=O)[nH]c(-c2ccc(NC3CC(C)(C)c4ccccc43)nc2)n1. The van der Waals surface area contributed by atoms with Crippen LogP contribution in [0.25, 0.3) is 11.4 Å². The second-order valence-corrected chi connectivity index (χ2v) is 7.74. The molecule has 5 heteroatoms. The fourth-order valence-electron chi connectivity index (χ4n) is 3.90. The van der Waals surface area contributed by atoms with E-state index in [0.29, 0.717) is 5.82 Å². The summed E-state index contributed by atoms with van der Waals surface area (Å²) in [5.74, 6) is 1.39. The minimum absolute atomic E-state index is 0.135. The van der Waals surface area contributed by atoms with E-state index in [1.165, 1.54) is 17.2 Å². The molecule has 3 aromatic rings. The van der Waals surface area contributed by atoms with Gasteiger partial charge in [-0.1, -0.05) is 45.0 Å². The standard InChI is InChI=1S/C22H24N4O/c1-4-15-11-20(27)26-21(24-15)14-9-10-19(23-13-14)25-18-12-22(2,3)17-8-6-5-7-16(17)18/h5-11,13,18H,4,12H2,1-3H3,(H,23,25)(H,24,26,27). The van der Waals surface area contributed by atoms with Gasteiger partial charge in [0.05, 0.1) is 6.04 Å². The summed E-state index contributed by atoms with van der Waals surface area (Å²) in [4.78, 5) is 23.6. The van der Waals surface area contributed by atoms with Crippen LogP contribution in [0.4, 0.5) is 5.82 Å². The van der Waals surface area contributed by atoms with Crippen molar-refractivity contribution in [1.29, 1.82) is 0 Å². The van der Waals surface area contributed by atoms with Gasteiger partial charge in [-0.3, -0.25) is 4.79 Å². The first-order valence-corrected chi connectivity index (χ1v) is 9.39. The van der Waals surface area contributed by atoms with Crippen molar-refractivity contribution in [3.63, 3.8) is 0 Å². The van der Waals surface area contributed by atoms with Crippen molar-refractivity contribution < 1.29 is 0 Å². The average molecular weight is 360 g/mol. The van der Waals surface area contributed by atoms with Gasteiger partial charge in [-0.2, -0.15) is 0 Å². The number of nitrogens with one attached hydrogen (secondary N) is 2. The van der Waals surface area contributed by atoms with E-state index in [2.05, 4.69) is 58.4 Å². The zero-order valence-corrected chi connectivity index (χ0v) is 15.9. The van der Waals surface area contributed by atoms with Crippen molar-refractivity contribution in [2.45, 2.75) is 45.1 Å². The highest BCUT2D eigenvalue weighted by Gasteiger charge is 2.36. The number of benzene rings is 1. The molecule has 2 heterocycles. The van der Waals surface area contributed by atoms with Crippen molar-refractivity contribution in [3.8, 4) is 11.4 Å². The molecule has 27 heavy (non-hydrogen) atoms. The Morgan fingerprint density at radius 3 is 2.78 bits per heavy atom. The third-order valence-corrected chi connectivity index (χ3v) is 5.30. The van der Waals surface area contributed by atoms with Crippen LogP contribution < -0.4 is 10.9 Å². The molecule has 0 fully saturated rings. The number of hydrogen-bond acceptors (Lipinski definition) is 4. The van der Waals surface area contributed by atoms with Gasteiger partial charge in [0.2, 0.25) is 0 Å². The van der Waals surface area contributed by atoms with Gasteiger partial charge >= 0.3 is 0 Å². The summed E-state index contributed by atoms with van der Waals surface area (Å²) >= 11 is 0. The molecule has 0 amide bonds. The third-order valence-electron chi connectivity index (χ3n) is 5.30. The molecule has 0 saturated carbocycles. The molecule has 0 bridgehead atoms. The first-order chi connectivity index (χ1) is 13.0. The Morgan fingerprint density at radius 1 is 1.22 bits per heavy atom. The van der Waals surface area contributed by atoms with Gasteiger partial charge in [0, 0.05) is 23.5 Å². The Labute approximate surface area is 158 Å². The molecule has 2 aromatic heterocycles. The van der Waals surface area contributed by atoms with Gasteiger partial charge in [0.15, 0.2) is 0 Å². The van der Waals surface area contributed by atoms with Gasteiger partial charge in [0.1, 0.15) is 11.6 Å². The number of nitrogens with zero attached hydrogens (tertiary/aromatic N) is 2. The number of hydrogen-bond donors (Lipinski definition) is 2. The lowest BCUT2D eigenvalue weighted by molar-refractivity contribution is 0.493. The second-order valence-electron chi connectivity index (χ2n) is 7.74. The minimum Gasteiger partial charge on any atom is -0.363 e. The number of H-pyrrole nitrogens is 1. The molecule has 0 saturated heterocycles. The van der Waals surface area contributed by atoms with Crippen molar-refractivity contribution >= 4 is 5.82 Å². The Bertz CT molecular complexity index is 1020. The molecular formula is C22H24N4O. The highest BCUT2D eigenvalue weighted by atomic mass is 16.1. The van der Waals surface area contributed by atoms with Gasteiger partial charge in [0.25, 0.3) is 5.56 Å². The molecule has 4 rings (SSSR count). The van der Waals surface area contributed by atoms with Gasteiger partial charge in [-0.15, -0.1) is 0 Å². The van der Waals surface area contributed by atoms with E-state index in [-0.39, 0.29) is 17.0 Å². The predicted molar refractivity (Wildman–Crippen MR) is 108 cm³/mol. The summed E-state index contributed by atoms with van der Waals surface area (Å²) in [6.07, 6.45) is 3.51. The average Bonchev–Trinajstić information content (AvgIpc) is 2.92. The van der Waals surface area contributed by atoms with Gasteiger partial charge < -0.3 is 10.3 Å². The largest absolute Gasteiger partial charge is 0.363 e. The summed E-state index contributed by atoms with van der Waals surface area (Å²) in [6.45, 7) is 6.55. The Balaban J connectivity index is 1.58. The van der Waals surface area contributed by atoms with E-state index >= 15 is 0 Å². The zero-order chi connectivity index (χ0) is 19.0. The van der Waals surface area contributed by atoms with Crippen molar-refractivity contribution in [2.75, 3.05) is 5.32 Å². The van der Waals surface area contributed by atoms with Crippen LogP contribution in [0.5, 0.6) is 0 Å². The normalized spacial score (nSPS) is 17.5. The quantitative estimate of drug-likeness (QED) is 0.730. The Kier molecular flexibility index (Phi) is 4.30. The predicted octanol–water partition coefficient (Wildman–Crippen LogP) is 4.23. The topological polar surface area (TPSA) is 70.7 Å². The van der Waals surface area contributed by atoms with Crippen LogP contribution in [0.3, 0.4) is 0 Å². The number of anilines is 1. The lowest BCUT2D eigenvalue weighted by Gasteiger charge is -2.19. The lowest BCUT2D eigenvalue weighted by Crippen LogP contribution is -2.15. The fourth-order valence-corrected chi connectivity index (χ4v) is 3.90. The van der Waals surface area contributed by atoms with E-state index in [1.807, 2.05) is 19.1 Å². The molecule has 0 spiro atoms. The first-order valence-electron chi connectivity index (χ1n) is 9.39. The second kappa shape index (κ2) is 6.65.